The molecule has 6 nitrogen and oxygen atoms in total. The second-order valence-electron chi connectivity index (χ2n) is 5.68. The summed E-state index contributed by atoms with van der Waals surface area (Å²) in [5.74, 6) is -0.341. The number of nitrogens with two attached hydrogens (primary N) is 1. The lowest BCUT2D eigenvalue weighted by atomic mass is 10.1. The molecule has 2 aromatic rings. The molecule has 8 heteroatoms. The minimum absolute atomic E-state index is 0.0419. The zero-order valence-electron chi connectivity index (χ0n) is 14.5. The van der Waals surface area contributed by atoms with E-state index in [9.17, 15) is 14.4 Å². The number of benzene rings is 2. The molecule has 0 saturated heterocycles. The molecule has 0 aromatic heterocycles. The fourth-order valence-electron chi connectivity index (χ4n) is 2.12. The molecule has 0 heterocycles. The van der Waals surface area contributed by atoms with Crippen molar-refractivity contribution < 1.29 is 14.4 Å². The Hall–Kier alpha value is -2.51. The minimum Gasteiger partial charge on any atom is -0.368 e. The van der Waals surface area contributed by atoms with Crippen LogP contribution in [0, 0.1) is 0 Å². The van der Waals surface area contributed by atoms with E-state index in [-0.39, 0.29) is 18.4 Å². The van der Waals surface area contributed by atoms with Gasteiger partial charge in [-0.1, -0.05) is 23.7 Å². The van der Waals surface area contributed by atoms with Crippen molar-refractivity contribution in [3.8, 4) is 0 Å². The van der Waals surface area contributed by atoms with Crippen LogP contribution in [0.25, 0.3) is 0 Å². The Morgan fingerprint density at radius 1 is 0.963 bits per heavy atom. The first-order chi connectivity index (χ1) is 12.9. The Morgan fingerprint density at radius 3 is 2.26 bits per heavy atom. The predicted octanol–water partition coefficient (Wildman–Crippen LogP) is 2.35. The van der Waals surface area contributed by atoms with Gasteiger partial charge in [-0.15, -0.1) is 11.8 Å². The number of carbonyl (C=O) groups excluding carboxylic acids is 3. The third-order valence-corrected chi connectivity index (χ3v) is 4.81. The van der Waals surface area contributed by atoms with Crippen LogP contribution in [0.4, 0.5) is 0 Å². The number of primary amides is 1. The maximum absolute atomic E-state index is 11.9. The summed E-state index contributed by atoms with van der Waals surface area (Å²) in [5.41, 5.74) is 6.28. The van der Waals surface area contributed by atoms with Gasteiger partial charge in [-0.2, -0.15) is 0 Å². The van der Waals surface area contributed by atoms with Gasteiger partial charge in [0.15, 0.2) is 0 Å². The van der Waals surface area contributed by atoms with Crippen molar-refractivity contribution in [1.29, 1.82) is 0 Å². The van der Waals surface area contributed by atoms with Crippen LogP contribution in [0.15, 0.2) is 53.4 Å². The van der Waals surface area contributed by atoms with E-state index in [4.69, 9.17) is 17.3 Å². The highest BCUT2D eigenvalue weighted by molar-refractivity contribution is 7.99. The van der Waals surface area contributed by atoms with Gasteiger partial charge in [-0.05, 0) is 42.0 Å². The largest absolute Gasteiger partial charge is 0.368 e. The Bertz CT molecular complexity index is 795. The number of halogens is 1. The first kappa shape index (κ1) is 20.8. The summed E-state index contributed by atoms with van der Waals surface area (Å²) in [6, 6.07) is 14.3. The van der Waals surface area contributed by atoms with E-state index in [1.807, 2.05) is 24.3 Å². The predicted molar refractivity (Wildman–Crippen MR) is 107 cm³/mol. The molecule has 27 heavy (non-hydrogen) atoms. The van der Waals surface area contributed by atoms with Gasteiger partial charge >= 0.3 is 0 Å². The first-order valence-corrected chi connectivity index (χ1v) is 9.61. The Morgan fingerprint density at radius 2 is 1.63 bits per heavy atom. The molecule has 4 N–H and O–H groups in total. The maximum Gasteiger partial charge on any atom is 0.251 e. The van der Waals surface area contributed by atoms with E-state index in [1.165, 1.54) is 0 Å². The topological polar surface area (TPSA) is 101 Å². The van der Waals surface area contributed by atoms with Crippen LogP contribution in [0.3, 0.4) is 0 Å². The number of amides is 3. The van der Waals surface area contributed by atoms with Crippen LogP contribution in [0.1, 0.15) is 22.3 Å². The Labute approximate surface area is 166 Å². The summed E-state index contributed by atoms with van der Waals surface area (Å²) in [5, 5.41) is 5.95. The molecule has 0 spiro atoms. The number of thioether (sulfide) groups is 1. The average molecular weight is 406 g/mol. The zero-order chi connectivity index (χ0) is 19.6. The monoisotopic (exact) mass is 405 g/mol. The standard InChI is InChI=1S/C19H20ClN3O3S/c20-15-5-7-16(8-6-15)27-10-9-18(25)22-11-13-1-3-14(4-2-13)19(26)23-12-17(21)24/h1-8H,9-12H2,(H2,21,24)(H,22,25)(H,23,26). The highest BCUT2D eigenvalue weighted by atomic mass is 35.5. The van der Waals surface area contributed by atoms with Gasteiger partial charge in [0.2, 0.25) is 11.8 Å². The fraction of sp³-hybridized carbons (Fsp3) is 0.211. The van der Waals surface area contributed by atoms with Gasteiger partial charge in [0, 0.05) is 34.2 Å². The van der Waals surface area contributed by atoms with Gasteiger partial charge in [-0.3, -0.25) is 14.4 Å². The molecular weight excluding hydrogens is 386 g/mol. The smallest absolute Gasteiger partial charge is 0.251 e. The summed E-state index contributed by atoms with van der Waals surface area (Å²) < 4.78 is 0. The maximum atomic E-state index is 11.9. The Balaban J connectivity index is 1.70. The van der Waals surface area contributed by atoms with E-state index < -0.39 is 5.91 Å². The van der Waals surface area contributed by atoms with E-state index >= 15 is 0 Å². The van der Waals surface area contributed by atoms with Crippen LogP contribution in [0.2, 0.25) is 5.02 Å². The molecule has 0 aliphatic carbocycles. The quantitative estimate of drug-likeness (QED) is 0.557. The highest BCUT2D eigenvalue weighted by Crippen LogP contribution is 2.20. The van der Waals surface area contributed by atoms with E-state index in [1.54, 1.807) is 36.0 Å². The minimum atomic E-state index is -0.600. The van der Waals surface area contributed by atoms with Crippen molar-refractivity contribution >= 4 is 41.1 Å². The molecule has 0 aliphatic rings. The lowest BCUT2D eigenvalue weighted by Crippen LogP contribution is -2.33. The molecule has 0 atom stereocenters. The van der Waals surface area contributed by atoms with Crippen molar-refractivity contribution in [2.75, 3.05) is 12.3 Å². The SMILES string of the molecule is NC(=O)CNC(=O)c1ccc(CNC(=O)CCSc2ccc(Cl)cc2)cc1. The van der Waals surface area contributed by atoms with Gasteiger partial charge in [0.05, 0.1) is 6.54 Å². The number of carbonyl (C=O) groups is 3. The van der Waals surface area contributed by atoms with Crippen LogP contribution in [0.5, 0.6) is 0 Å². The summed E-state index contributed by atoms with van der Waals surface area (Å²) in [6.45, 7) is 0.179. The van der Waals surface area contributed by atoms with Crippen molar-refractivity contribution in [2.45, 2.75) is 17.9 Å². The van der Waals surface area contributed by atoms with Crippen molar-refractivity contribution in [1.82, 2.24) is 10.6 Å². The average Bonchev–Trinajstić information content (AvgIpc) is 2.66. The molecule has 0 bridgehead atoms. The highest BCUT2D eigenvalue weighted by Gasteiger charge is 2.07. The molecule has 0 radical (unpaired) electrons. The van der Waals surface area contributed by atoms with Crippen LogP contribution >= 0.6 is 23.4 Å². The normalized spacial score (nSPS) is 10.3. The number of hydrogen-bond acceptors (Lipinski definition) is 4. The number of nitrogens with one attached hydrogen (secondary N) is 2. The van der Waals surface area contributed by atoms with E-state index in [2.05, 4.69) is 10.6 Å². The third kappa shape index (κ3) is 7.72. The van der Waals surface area contributed by atoms with Crippen molar-refractivity contribution in [3.63, 3.8) is 0 Å². The molecule has 2 rings (SSSR count). The summed E-state index contributed by atoms with van der Waals surface area (Å²) in [6.07, 6.45) is 0.404. The zero-order valence-corrected chi connectivity index (χ0v) is 16.1. The van der Waals surface area contributed by atoms with Crippen LogP contribution in [-0.2, 0) is 16.1 Å². The summed E-state index contributed by atoms with van der Waals surface area (Å²) in [4.78, 5) is 35.4. The third-order valence-electron chi connectivity index (χ3n) is 3.54. The molecule has 0 saturated carbocycles. The van der Waals surface area contributed by atoms with Crippen molar-refractivity contribution in [2.24, 2.45) is 5.73 Å². The molecule has 0 aliphatic heterocycles. The van der Waals surface area contributed by atoms with Gasteiger partial charge in [0.1, 0.15) is 0 Å². The van der Waals surface area contributed by atoms with E-state index in [0.29, 0.717) is 29.3 Å². The number of hydrogen-bond donors (Lipinski definition) is 3. The first-order valence-electron chi connectivity index (χ1n) is 8.24. The molecule has 142 valence electrons. The lowest BCUT2D eigenvalue weighted by molar-refractivity contribution is -0.121. The summed E-state index contributed by atoms with van der Waals surface area (Å²) >= 11 is 7.43. The Kier molecular flexibility index (Phi) is 8.16. The van der Waals surface area contributed by atoms with Crippen LogP contribution < -0.4 is 16.4 Å². The second kappa shape index (κ2) is 10.6. The summed E-state index contributed by atoms with van der Waals surface area (Å²) in [7, 11) is 0. The number of rotatable bonds is 9. The molecule has 0 unspecified atom stereocenters. The van der Waals surface area contributed by atoms with Crippen LogP contribution in [-0.4, -0.2) is 30.0 Å². The molecule has 0 fully saturated rings. The second-order valence-corrected chi connectivity index (χ2v) is 7.28. The van der Waals surface area contributed by atoms with E-state index in [0.717, 1.165) is 10.5 Å². The van der Waals surface area contributed by atoms with Gasteiger partial charge in [-0.25, -0.2) is 0 Å². The van der Waals surface area contributed by atoms with Gasteiger partial charge < -0.3 is 16.4 Å². The lowest BCUT2D eigenvalue weighted by Gasteiger charge is -2.07. The molecular formula is C19H20ClN3O3S. The fourth-order valence-corrected chi connectivity index (χ4v) is 3.10. The van der Waals surface area contributed by atoms with Crippen molar-refractivity contribution in [3.05, 3.63) is 64.7 Å². The van der Waals surface area contributed by atoms with Gasteiger partial charge in [0.25, 0.3) is 5.91 Å². The molecule has 3 amide bonds. The molecule has 2 aromatic carbocycles.